The van der Waals surface area contributed by atoms with Gasteiger partial charge < -0.3 is 14.5 Å². The molecule has 0 spiro atoms. The van der Waals surface area contributed by atoms with Gasteiger partial charge in [-0.15, -0.1) is 0 Å². The van der Waals surface area contributed by atoms with Crippen molar-refractivity contribution in [2.45, 2.75) is 6.61 Å². The molecule has 5 aromatic rings. The van der Waals surface area contributed by atoms with Gasteiger partial charge in [-0.05, 0) is 90.2 Å². The highest BCUT2D eigenvalue weighted by Gasteiger charge is 2.12. The Kier molecular flexibility index (Phi) is 6.58. The molecule has 0 atom stereocenters. The number of allylic oxidation sites excluding steroid dienone is 1. The maximum absolute atomic E-state index is 9.79. The zero-order valence-electron chi connectivity index (χ0n) is 18.7. The van der Waals surface area contributed by atoms with E-state index in [1.165, 1.54) is 10.8 Å². The molecule has 0 fully saturated rings. The minimum absolute atomic E-state index is 0.420. The van der Waals surface area contributed by atoms with Crippen LogP contribution in [0.2, 0.25) is 0 Å². The van der Waals surface area contributed by atoms with Crippen molar-refractivity contribution in [1.29, 1.82) is 5.26 Å². The van der Waals surface area contributed by atoms with Gasteiger partial charge in [-0.1, -0.05) is 36.4 Å². The predicted octanol–water partition coefficient (Wildman–Crippen LogP) is 7.89. The summed E-state index contributed by atoms with van der Waals surface area (Å²) in [6.07, 6.45) is 1.79. The Morgan fingerprint density at radius 2 is 1.77 bits per heavy atom. The minimum atomic E-state index is 0.420. The average molecular weight is 589 g/mol. The Hall–Kier alpha value is -3.60. The number of nitrogens with one attached hydrogen (secondary N) is 1. The molecule has 0 aliphatic carbocycles. The van der Waals surface area contributed by atoms with Crippen LogP contribution in [0.25, 0.3) is 33.5 Å². The van der Waals surface area contributed by atoms with Crippen molar-refractivity contribution < 1.29 is 9.47 Å². The number of benzene rings is 4. The molecule has 0 saturated carbocycles. The molecular weight excluding hydrogens is 570 g/mol. The third kappa shape index (κ3) is 4.95. The lowest BCUT2D eigenvalue weighted by atomic mass is 10.1. The Labute approximate surface area is 219 Å². The van der Waals surface area contributed by atoms with Gasteiger partial charge in [-0.3, -0.25) is 0 Å². The first-order valence-corrected chi connectivity index (χ1v) is 12.4. The number of halogens is 2. The molecule has 35 heavy (non-hydrogen) atoms. The van der Waals surface area contributed by atoms with Gasteiger partial charge in [-0.25, -0.2) is 4.98 Å². The van der Waals surface area contributed by atoms with E-state index in [4.69, 9.17) is 9.47 Å². The third-order valence-corrected chi connectivity index (χ3v) is 6.77. The number of hydrogen-bond donors (Lipinski definition) is 1. The van der Waals surface area contributed by atoms with Crippen LogP contribution in [0.4, 0.5) is 0 Å². The van der Waals surface area contributed by atoms with Crippen molar-refractivity contribution in [3.8, 4) is 17.6 Å². The second-order valence-corrected chi connectivity index (χ2v) is 9.63. The van der Waals surface area contributed by atoms with Gasteiger partial charge in [0.15, 0.2) is 0 Å². The van der Waals surface area contributed by atoms with Gasteiger partial charge in [0, 0.05) is 6.07 Å². The molecule has 0 aliphatic rings. The third-order valence-electron chi connectivity index (χ3n) is 5.59. The van der Waals surface area contributed by atoms with Crippen LogP contribution in [0.1, 0.15) is 17.0 Å². The highest BCUT2D eigenvalue weighted by atomic mass is 79.9. The number of methoxy groups -OCH3 is 1. The van der Waals surface area contributed by atoms with E-state index in [-0.39, 0.29) is 0 Å². The van der Waals surface area contributed by atoms with Crippen LogP contribution in [0.15, 0.2) is 81.7 Å². The molecule has 0 bridgehead atoms. The summed E-state index contributed by atoms with van der Waals surface area (Å²) in [6, 6.07) is 26.2. The molecule has 0 aliphatic heterocycles. The Balaban J connectivity index is 1.39. The van der Waals surface area contributed by atoms with Crippen molar-refractivity contribution in [2.24, 2.45) is 0 Å². The number of hydrogen-bond acceptors (Lipinski definition) is 4. The number of aromatic nitrogens is 2. The van der Waals surface area contributed by atoms with Gasteiger partial charge in [-0.2, -0.15) is 5.26 Å². The summed E-state index contributed by atoms with van der Waals surface area (Å²) in [5.41, 5.74) is 3.90. The highest BCUT2D eigenvalue weighted by molar-refractivity contribution is 9.11. The lowest BCUT2D eigenvalue weighted by Crippen LogP contribution is -1.97. The predicted molar refractivity (Wildman–Crippen MR) is 146 cm³/mol. The Bertz CT molecular complexity index is 1610. The van der Waals surface area contributed by atoms with E-state index in [0.29, 0.717) is 23.8 Å². The maximum atomic E-state index is 9.79. The number of nitrogens with zero attached hydrogens (tertiary/aromatic N) is 2. The maximum Gasteiger partial charge on any atom is 0.149 e. The molecule has 0 amide bonds. The fourth-order valence-corrected chi connectivity index (χ4v) is 5.30. The van der Waals surface area contributed by atoms with Gasteiger partial charge >= 0.3 is 0 Å². The first kappa shape index (κ1) is 23.2. The SMILES string of the molecule is COc1ccc2nc(/C(C#N)=C\c3cc(Br)c(OCc4ccc5ccccc5c4)c(Br)c3)[nH]c2c1. The first-order chi connectivity index (χ1) is 17.0. The summed E-state index contributed by atoms with van der Waals surface area (Å²) < 4.78 is 13.0. The Morgan fingerprint density at radius 1 is 1.00 bits per heavy atom. The van der Waals surface area contributed by atoms with E-state index in [2.05, 4.69) is 78.2 Å². The summed E-state index contributed by atoms with van der Waals surface area (Å²) in [6.45, 7) is 0.434. The van der Waals surface area contributed by atoms with Crippen LogP contribution >= 0.6 is 31.9 Å². The van der Waals surface area contributed by atoms with Gasteiger partial charge in [0.2, 0.25) is 0 Å². The number of ether oxygens (including phenoxy) is 2. The zero-order valence-corrected chi connectivity index (χ0v) is 21.9. The van der Waals surface area contributed by atoms with Crippen molar-refractivity contribution in [1.82, 2.24) is 9.97 Å². The molecule has 0 saturated heterocycles. The van der Waals surface area contributed by atoms with Crippen molar-refractivity contribution in [3.63, 3.8) is 0 Å². The van der Waals surface area contributed by atoms with E-state index in [1.807, 2.05) is 42.5 Å². The molecule has 7 heteroatoms. The van der Waals surface area contributed by atoms with Gasteiger partial charge in [0.25, 0.3) is 0 Å². The van der Waals surface area contributed by atoms with E-state index in [1.54, 1.807) is 13.2 Å². The molecule has 1 N–H and O–H groups in total. The summed E-state index contributed by atoms with van der Waals surface area (Å²) in [4.78, 5) is 7.76. The molecule has 0 unspecified atom stereocenters. The van der Waals surface area contributed by atoms with E-state index in [9.17, 15) is 5.26 Å². The Morgan fingerprint density at radius 3 is 2.51 bits per heavy atom. The quantitative estimate of drug-likeness (QED) is 0.205. The minimum Gasteiger partial charge on any atom is -0.497 e. The fraction of sp³-hybridized carbons (Fsp3) is 0.0714. The highest BCUT2D eigenvalue weighted by Crippen LogP contribution is 2.36. The van der Waals surface area contributed by atoms with Crippen LogP contribution in [0.5, 0.6) is 11.5 Å². The first-order valence-electron chi connectivity index (χ1n) is 10.8. The van der Waals surface area contributed by atoms with E-state index < -0.39 is 0 Å². The van der Waals surface area contributed by atoms with Crippen LogP contribution in [0, 0.1) is 11.3 Å². The summed E-state index contributed by atoms with van der Waals surface area (Å²) in [5, 5.41) is 12.2. The molecule has 5 nitrogen and oxygen atoms in total. The molecule has 1 heterocycles. The fourth-order valence-electron chi connectivity index (χ4n) is 3.85. The summed E-state index contributed by atoms with van der Waals surface area (Å²) in [7, 11) is 1.62. The van der Waals surface area contributed by atoms with Crippen LogP contribution in [-0.4, -0.2) is 17.1 Å². The summed E-state index contributed by atoms with van der Waals surface area (Å²) in [5.74, 6) is 1.92. The monoisotopic (exact) mass is 587 g/mol. The lowest BCUT2D eigenvalue weighted by Gasteiger charge is -2.12. The van der Waals surface area contributed by atoms with Crippen LogP contribution in [0.3, 0.4) is 0 Å². The average Bonchev–Trinajstić information content (AvgIpc) is 3.29. The van der Waals surface area contributed by atoms with Crippen LogP contribution < -0.4 is 9.47 Å². The molecule has 4 aromatic carbocycles. The summed E-state index contributed by atoms with van der Waals surface area (Å²) >= 11 is 7.24. The van der Waals surface area contributed by atoms with Crippen molar-refractivity contribution >= 4 is 65.3 Å². The smallest absolute Gasteiger partial charge is 0.149 e. The van der Waals surface area contributed by atoms with Crippen molar-refractivity contribution in [2.75, 3.05) is 7.11 Å². The molecule has 0 radical (unpaired) electrons. The molecule has 172 valence electrons. The topological polar surface area (TPSA) is 70.9 Å². The molecular formula is C28H19Br2N3O2. The van der Waals surface area contributed by atoms with Crippen LogP contribution in [-0.2, 0) is 6.61 Å². The second kappa shape index (κ2) is 9.95. The van der Waals surface area contributed by atoms with Gasteiger partial charge in [0.1, 0.15) is 30.0 Å². The molecule has 5 rings (SSSR count). The lowest BCUT2D eigenvalue weighted by molar-refractivity contribution is 0.302. The standard InChI is InChI=1S/C28H19Br2N3O2/c1-34-22-8-9-25-26(14-22)33-28(32-25)21(15-31)11-18-12-23(29)27(24(30)13-18)35-16-17-6-7-19-4-2-3-5-20(19)10-17/h2-14H,16H2,1H3,(H,32,33)/b21-11-. The number of H-pyrrole nitrogens is 1. The number of fused-ring (bicyclic) bond motifs is 2. The molecule has 1 aromatic heterocycles. The second-order valence-electron chi connectivity index (χ2n) is 7.92. The van der Waals surface area contributed by atoms with E-state index in [0.717, 1.165) is 36.9 Å². The van der Waals surface area contributed by atoms with Crippen molar-refractivity contribution in [3.05, 3.63) is 98.7 Å². The normalized spacial score (nSPS) is 11.5. The van der Waals surface area contributed by atoms with Gasteiger partial charge in [0.05, 0.1) is 32.7 Å². The number of aromatic amines is 1. The number of nitriles is 1. The van der Waals surface area contributed by atoms with E-state index >= 15 is 0 Å². The zero-order chi connectivity index (χ0) is 24.4. The number of imidazole rings is 1. The largest absolute Gasteiger partial charge is 0.497 e. The number of rotatable bonds is 6.